The molecule has 2 heterocycles. The molecule has 1 aromatic heterocycles. The lowest BCUT2D eigenvalue weighted by Gasteiger charge is -2.40. The van der Waals surface area contributed by atoms with Gasteiger partial charge >= 0.3 is 0 Å². The van der Waals surface area contributed by atoms with Gasteiger partial charge in [0.15, 0.2) is 0 Å². The van der Waals surface area contributed by atoms with Crippen molar-refractivity contribution in [3.63, 3.8) is 0 Å². The maximum atomic E-state index is 12.8. The number of piperidine rings is 1. The summed E-state index contributed by atoms with van der Waals surface area (Å²) in [5, 5.41) is 10.7. The zero-order chi connectivity index (χ0) is 16.2. The molecule has 1 amide bonds. The van der Waals surface area contributed by atoms with Crippen LogP contribution in [-0.2, 0) is 6.42 Å². The topological polar surface area (TPSA) is 69.6 Å². The van der Waals surface area contributed by atoms with Gasteiger partial charge < -0.3 is 14.9 Å². The number of carbonyl (C=O) groups excluding carboxylic acids is 1. The van der Waals surface area contributed by atoms with E-state index in [-0.39, 0.29) is 5.91 Å². The first-order valence-electron chi connectivity index (χ1n) is 7.90. The molecule has 0 aromatic carbocycles. The number of hydrogen-bond donors (Lipinski definition) is 1. The molecule has 1 N–H and O–H groups in total. The predicted octanol–water partition coefficient (Wildman–Crippen LogP) is 0.958. The molecule has 0 radical (unpaired) electrons. The molecule has 2 rings (SSSR count). The van der Waals surface area contributed by atoms with Crippen LogP contribution in [0.2, 0.25) is 0 Å². The smallest absolute Gasteiger partial charge is 0.257 e. The first kappa shape index (κ1) is 16.8. The van der Waals surface area contributed by atoms with Gasteiger partial charge in [0.05, 0.1) is 23.4 Å². The van der Waals surface area contributed by atoms with Gasteiger partial charge in [0.2, 0.25) is 0 Å². The molecule has 1 aliphatic rings. The van der Waals surface area contributed by atoms with E-state index in [1.54, 1.807) is 11.1 Å². The van der Waals surface area contributed by atoms with Gasteiger partial charge in [0.1, 0.15) is 6.33 Å². The number of aromatic nitrogens is 2. The molecule has 1 fully saturated rings. The number of aliphatic hydroxyl groups is 1. The Morgan fingerprint density at radius 3 is 2.95 bits per heavy atom. The van der Waals surface area contributed by atoms with E-state index in [4.69, 9.17) is 0 Å². The number of nitrogens with zero attached hydrogens (tertiary/aromatic N) is 4. The monoisotopic (exact) mass is 306 g/mol. The molecular formula is C16H26N4O2. The van der Waals surface area contributed by atoms with Crippen molar-refractivity contribution >= 4 is 5.91 Å². The lowest BCUT2D eigenvalue weighted by Crippen LogP contribution is -2.54. The summed E-state index contributed by atoms with van der Waals surface area (Å²) in [6.45, 7) is 3.66. The molecule has 0 saturated carbocycles. The third-order valence-electron chi connectivity index (χ3n) is 3.97. The van der Waals surface area contributed by atoms with Crippen molar-refractivity contribution < 1.29 is 9.90 Å². The van der Waals surface area contributed by atoms with Gasteiger partial charge in [-0.1, -0.05) is 13.3 Å². The van der Waals surface area contributed by atoms with Gasteiger partial charge in [0, 0.05) is 19.3 Å². The minimum Gasteiger partial charge on any atom is -0.387 e. The Balaban J connectivity index is 2.15. The van der Waals surface area contributed by atoms with E-state index >= 15 is 0 Å². The Hall–Kier alpha value is -1.53. The standard InChI is InChI=1S/C16H26N4O2/c1-4-6-14-13(9-17-12-18-14)15(21)20-8-5-7-16(22,11-20)10-19(2)3/h9,12,22H,4-8,10-11H2,1-3H3/t16-/m0/s1. The van der Waals surface area contributed by atoms with E-state index in [2.05, 4.69) is 16.9 Å². The molecule has 6 nitrogen and oxygen atoms in total. The van der Waals surface area contributed by atoms with Gasteiger partial charge in [-0.05, 0) is 33.4 Å². The summed E-state index contributed by atoms with van der Waals surface area (Å²) in [5.74, 6) is -0.0686. The lowest BCUT2D eigenvalue weighted by atomic mass is 9.92. The van der Waals surface area contributed by atoms with E-state index < -0.39 is 5.60 Å². The highest BCUT2D eigenvalue weighted by molar-refractivity contribution is 5.95. The molecule has 0 aliphatic carbocycles. The summed E-state index contributed by atoms with van der Waals surface area (Å²) >= 11 is 0. The van der Waals surface area contributed by atoms with E-state index in [9.17, 15) is 9.90 Å². The second-order valence-electron chi connectivity index (χ2n) is 6.43. The fraction of sp³-hybridized carbons (Fsp3) is 0.688. The third-order valence-corrected chi connectivity index (χ3v) is 3.97. The van der Waals surface area contributed by atoms with Crippen LogP contribution in [0.25, 0.3) is 0 Å². The molecule has 22 heavy (non-hydrogen) atoms. The van der Waals surface area contributed by atoms with Crippen LogP contribution in [0.3, 0.4) is 0 Å². The average molecular weight is 306 g/mol. The van der Waals surface area contributed by atoms with Crippen LogP contribution in [0.15, 0.2) is 12.5 Å². The van der Waals surface area contributed by atoms with Crippen molar-refractivity contribution in [2.45, 2.75) is 38.2 Å². The van der Waals surface area contributed by atoms with E-state index in [1.165, 1.54) is 6.33 Å². The zero-order valence-corrected chi connectivity index (χ0v) is 13.7. The van der Waals surface area contributed by atoms with E-state index in [1.807, 2.05) is 19.0 Å². The van der Waals surface area contributed by atoms with Crippen molar-refractivity contribution in [3.8, 4) is 0 Å². The molecule has 122 valence electrons. The Kier molecular flexibility index (Phi) is 5.47. The van der Waals surface area contributed by atoms with Crippen LogP contribution < -0.4 is 0 Å². The minimum atomic E-state index is -0.835. The molecule has 0 bridgehead atoms. The number of rotatable bonds is 5. The second kappa shape index (κ2) is 7.15. The van der Waals surface area contributed by atoms with Gasteiger partial charge in [0.25, 0.3) is 5.91 Å². The van der Waals surface area contributed by atoms with Crippen LogP contribution >= 0.6 is 0 Å². The Labute approximate surface area is 132 Å². The normalized spacial score (nSPS) is 22.1. The third kappa shape index (κ3) is 4.01. The number of β-amino-alcohol motifs (C(OH)–C–C–N with tert-alkyl or cyclic N) is 1. The van der Waals surface area contributed by atoms with Crippen LogP contribution in [0.1, 0.15) is 42.2 Å². The van der Waals surface area contributed by atoms with Crippen LogP contribution in [0.5, 0.6) is 0 Å². The molecule has 1 atom stereocenters. The summed E-state index contributed by atoms with van der Waals surface area (Å²) in [7, 11) is 3.87. The van der Waals surface area contributed by atoms with Crippen molar-refractivity contribution in [3.05, 3.63) is 23.8 Å². The van der Waals surface area contributed by atoms with Crippen LogP contribution in [-0.4, -0.2) is 70.1 Å². The van der Waals surface area contributed by atoms with Gasteiger partial charge in [-0.15, -0.1) is 0 Å². The predicted molar refractivity (Wildman–Crippen MR) is 84.7 cm³/mol. The summed E-state index contributed by atoms with van der Waals surface area (Å²) in [6.07, 6.45) is 6.32. The second-order valence-corrected chi connectivity index (χ2v) is 6.43. The number of amides is 1. The Morgan fingerprint density at radius 2 is 2.27 bits per heavy atom. The van der Waals surface area contributed by atoms with Crippen molar-refractivity contribution in [2.75, 3.05) is 33.7 Å². The van der Waals surface area contributed by atoms with Gasteiger partial charge in [-0.3, -0.25) is 4.79 Å². The van der Waals surface area contributed by atoms with Gasteiger partial charge in [-0.25, -0.2) is 9.97 Å². The summed E-state index contributed by atoms with van der Waals surface area (Å²) < 4.78 is 0. The van der Waals surface area contributed by atoms with Crippen molar-refractivity contribution in [1.29, 1.82) is 0 Å². The quantitative estimate of drug-likeness (QED) is 0.877. The molecule has 0 unspecified atom stereocenters. The highest BCUT2D eigenvalue weighted by Gasteiger charge is 2.36. The fourth-order valence-corrected chi connectivity index (χ4v) is 3.14. The number of carbonyl (C=O) groups is 1. The molecule has 1 aromatic rings. The fourth-order valence-electron chi connectivity index (χ4n) is 3.14. The minimum absolute atomic E-state index is 0.0686. The van der Waals surface area contributed by atoms with Crippen LogP contribution in [0, 0.1) is 0 Å². The number of likely N-dealkylation sites (tertiary alicyclic amines) is 1. The average Bonchev–Trinajstić information content (AvgIpc) is 2.46. The largest absolute Gasteiger partial charge is 0.387 e. The lowest BCUT2D eigenvalue weighted by molar-refractivity contribution is -0.0392. The maximum Gasteiger partial charge on any atom is 0.257 e. The SMILES string of the molecule is CCCc1ncncc1C(=O)N1CCC[C@](O)(CN(C)C)C1. The Bertz CT molecular complexity index is 521. The van der Waals surface area contributed by atoms with E-state index in [0.29, 0.717) is 25.2 Å². The molecule has 6 heteroatoms. The first-order chi connectivity index (χ1) is 10.4. The first-order valence-corrected chi connectivity index (χ1v) is 7.90. The molecule has 1 aliphatic heterocycles. The molecular weight excluding hydrogens is 280 g/mol. The number of hydrogen-bond acceptors (Lipinski definition) is 5. The summed E-state index contributed by atoms with van der Waals surface area (Å²) in [4.78, 5) is 24.7. The summed E-state index contributed by atoms with van der Waals surface area (Å²) in [6, 6.07) is 0. The van der Waals surface area contributed by atoms with Crippen LogP contribution in [0.4, 0.5) is 0 Å². The van der Waals surface area contributed by atoms with Crippen molar-refractivity contribution in [2.24, 2.45) is 0 Å². The molecule has 0 spiro atoms. The molecule has 1 saturated heterocycles. The summed E-state index contributed by atoms with van der Waals surface area (Å²) in [5.41, 5.74) is 0.528. The maximum absolute atomic E-state index is 12.8. The number of likely N-dealkylation sites (N-methyl/N-ethyl adjacent to an activating group) is 1. The van der Waals surface area contributed by atoms with Crippen molar-refractivity contribution in [1.82, 2.24) is 19.8 Å². The zero-order valence-electron chi connectivity index (χ0n) is 13.7. The Morgan fingerprint density at radius 1 is 1.50 bits per heavy atom. The highest BCUT2D eigenvalue weighted by atomic mass is 16.3. The van der Waals surface area contributed by atoms with E-state index in [0.717, 1.165) is 31.4 Å². The number of aryl methyl sites for hydroxylation is 1. The highest BCUT2D eigenvalue weighted by Crippen LogP contribution is 2.23. The van der Waals surface area contributed by atoms with Gasteiger partial charge in [-0.2, -0.15) is 0 Å².